The van der Waals surface area contributed by atoms with E-state index in [0.717, 1.165) is 22.4 Å². The molecule has 0 bridgehead atoms. The fourth-order valence-corrected chi connectivity index (χ4v) is 6.69. The van der Waals surface area contributed by atoms with Gasteiger partial charge in [0.15, 0.2) is 11.5 Å². The Morgan fingerprint density at radius 2 is 1.65 bits per heavy atom. The Hall–Kier alpha value is -4.38. The highest BCUT2D eigenvalue weighted by molar-refractivity contribution is 7.98. The number of anilines is 1. The van der Waals surface area contributed by atoms with Crippen LogP contribution >= 0.6 is 11.8 Å². The number of methoxy groups -OCH3 is 4. The molecule has 3 aromatic rings. The second-order valence-electron chi connectivity index (χ2n) is 12.1. The van der Waals surface area contributed by atoms with Crippen molar-refractivity contribution < 1.29 is 28.5 Å². The Labute approximate surface area is 287 Å². The van der Waals surface area contributed by atoms with Crippen molar-refractivity contribution in [2.45, 2.75) is 58.2 Å². The summed E-state index contributed by atoms with van der Waals surface area (Å²) in [5, 5.41) is 9.54. The summed E-state index contributed by atoms with van der Waals surface area (Å²) in [5.41, 5.74) is 4.00. The number of benzene rings is 2. The minimum atomic E-state index is -0.677. The molecule has 0 saturated carbocycles. The van der Waals surface area contributed by atoms with Gasteiger partial charge in [0.05, 0.1) is 46.2 Å². The molecular formula is C37H47N3O7S. The van der Waals surface area contributed by atoms with E-state index in [9.17, 15) is 14.4 Å². The smallest absolute Gasteiger partial charge is 0.243 e. The van der Waals surface area contributed by atoms with Crippen LogP contribution in [0, 0.1) is 5.92 Å². The molecule has 1 aliphatic carbocycles. The van der Waals surface area contributed by atoms with Gasteiger partial charge in [-0.15, -0.1) is 0 Å². The first kappa shape index (κ1) is 36.5. The molecule has 10 nitrogen and oxygen atoms in total. The fourth-order valence-electron chi connectivity index (χ4n) is 6.22. The van der Waals surface area contributed by atoms with Gasteiger partial charge in [0.2, 0.25) is 23.0 Å². The molecule has 3 aromatic carbocycles. The number of fused-ring (bicyclic) bond motifs is 3. The van der Waals surface area contributed by atoms with Crippen molar-refractivity contribution in [1.82, 2.24) is 10.6 Å². The summed E-state index contributed by atoms with van der Waals surface area (Å²) in [6.45, 7) is 5.58. The number of nitrogens with one attached hydrogen (secondary N) is 3. The van der Waals surface area contributed by atoms with Gasteiger partial charge in [-0.2, -0.15) is 11.8 Å². The number of ether oxygens (including phenoxy) is 4. The van der Waals surface area contributed by atoms with E-state index in [1.54, 1.807) is 52.3 Å². The Balaban J connectivity index is 1.79. The van der Waals surface area contributed by atoms with Crippen LogP contribution in [0.4, 0.5) is 5.69 Å². The monoisotopic (exact) mass is 677 g/mol. The molecular weight excluding hydrogens is 630 g/mol. The lowest BCUT2D eigenvalue weighted by atomic mass is 9.95. The highest BCUT2D eigenvalue weighted by Gasteiger charge is 2.30. The van der Waals surface area contributed by atoms with Crippen LogP contribution in [0.3, 0.4) is 0 Å². The summed E-state index contributed by atoms with van der Waals surface area (Å²) in [6, 6.07) is 13.3. The molecule has 1 unspecified atom stereocenters. The summed E-state index contributed by atoms with van der Waals surface area (Å²) in [5.74, 6) is 2.58. The minimum absolute atomic E-state index is 0.111. The van der Waals surface area contributed by atoms with E-state index in [4.69, 9.17) is 18.9 Å². The third-order valence-electron chi connectivity index (χ3n) is 8.61. The lowest BCUT2D eigenvalue weighted by Gasteiger charge is -2.26. The molecule has 0 aliphatic heterocycles. The van der Waals surface area contributed by atoms with Crippen LogP contribution in [-0.4, -0.2) is 58.3 Å². The van der Waals surface area contributed by atoms with Crippen molar-refractivity contribution >= 4 is 29.3 Å². The Morgan fingerprint density at radius 1 is 0.938 bits per heavy atom. The van der Waals surface area contributed by atoms with Crippen molar-refractivity contribution in [3.05, 3.63) is 75.4 Å². The third kappa shape index (κ3) is 8.18. The average molecular weight is 678 g/mol. The minimum Gasteiger partial charge on any atom is -0.497 e. The van der Waals surface area contributed by atoms with Crippen LogP contribution in [0.25, 0.3) is 11.1 Å². The highest BCUT2D eigenvalue weighted by atomic mass is 32.2. The summed E-state index contributed by atoms with van der Waals surface area (Å²) in [6.07, 6.45) is 3.63. The summed E-state index contributed by atoms with van der Waals surface area (Å²) < 4.78 is 22.5. The molecule has 0 saturated heterocycles. The molecule has 1 aliphatic rings. The zero-order chi connectivity index (χ0) is 35.0. The van der Waals surface area contributed by atoms with E-state index in [0.29, 0.717) is 53.4 Å². The van der Waals surface area contributed by atoms with Crippen LogP contribution in [0.15, 0.2) is 53.3 Å². The number of thioether (sulfide) groups is 1. The van der Waals surface area contributed by atoms with Gasteiger partial charge >= 0.3 is 0 Å². The number of hydrogen-bond donors (Lipinski definition) is 3. The van der Waals surface area contributed by atoms with Gasteiger partial charge in [0.1, 0.15) is 11.8 Å². The lowest BCUT2D eigenvalue weighted by molar-refractivity contribution is -0.123. The lowest BCUT2D eigenvalue weighted by Crippen LogP contribution is -2.43. The van der Waals surface area contributed by atoms with Gasteiger partial charge in [0.25, 0.3) is 0 Å². The predicted molar refractivity (Wildman–Crippen MR) is 192 cm³/mol. The van der Waals surface area contributed by atoms with Gasteiger partial charge < -0.3 is 34.9 Å². The maximum absolute atomic E-state index is 14.0. The van der Waals surface area contributed by atoms with Crippen LogP contribution in [0.1, 0.15) is 62.4 Å². The summed E-state index contributed by atoms with van der Waals surface area (Å²) in [7, 11) is 6.30. The van der Waals surface area contributed by atoms with Crippen LogP contribution in [-0.2, 0) is 16.0 Å². The number of amides is 2. The maximum atomic E-state index is 14.0. The summed E-state index contributed by atoms with van der Waals surface area (Å²) in [4.78, 5) is 40.2. The predicted octanol–water partition coefficient (Wildman–Crippen LogP) is 5.92. The molecule has 0 heterocycles. The average Bonchev–Trinajstić information content (AvgIpc) is 3.32. The van der Waals surface area contributed by atoms with Crippen molar-refractivity contribution in [3.63, 3.8) is 0 Å². The molecule has 48 heavy (non-hydrogen) atoms. The van der Waals surface area contributed by atoms with Crippen molar-refractivity contribution in [2.75, 3.05) is 45.8 Å². The largest absolute Gasteiger partial charge is 0.497 e. The maximum Gasteiger partial charge on any atom is 0.243 e. The van der Waals surface area contributed by atoms with Crippen molar-refractivity contribution in [2.24, 2.45) is 5.92 Å². The first-order chi connectivity index (χ1) is 23.1. The van der Waals surface area contributed by atoms with Gasteiger partial charge in [-0.05, 0) is 89.8 Å². The molecule has 2 amide bonds. The van der Waals surface area contributed by atoms with Gasteiger partial charge in [0, 0.05) is 12.5 Å². The molecule has 3 atom stereocenters. The number of rotatable bonds is 14. The molecule has 0 spiro atoms. The standard InChI is InChI=1S/C37H47N3O7S/c1-21(2)34(23-9-12-25(44-4)13-10-23)40-37(43)30(17-18-48-8)39-29-16-14-26-27(20-31(29)42)28(38-22(3)41)15-11-24-19-32(45-5)35(46-6)36(47-7)33(24)26/h9-10,12-14,16,19-21,28,30,34H,11,15,17-18H2,1-8H3,(H,38,41)(H,39,42)(H,40,43)/t28-,30-,34?/m0/s1. The van der Waals surface area contributed by atoms with E-state index in [-0.39, 0.29) is 34.9 Å². The van der Waals surface area contributed by atoms with Crippen molar-refractivity contribution in [1.29, 1.82) is 0 Å². The Bertz CT molecular complexity index is 1660. The number of carbonyl (C=O) groups excluding carboxylic acids is 2. The SMILES string of the molecule is COc1ccc(C(NC(=O)[C@H](CCSC)Nc2ccc3c(cc2=O)[C@@H](NC(C)=O)CCc2cc(OC)c(OC)c(OC)c2-3)C(C)C)cc1. The van der Waals surface area contributed by atoms with Gasteiger partial charge in [-0.25, -0.2) is 0 Å². The quantitative estimate of drug-likeness (QED) is 0.191. The van der Waals surface area contributed by atoms with Gasteiger partial charge in [-0.1, -0.05) is 32.0 Å². The van der Waals surface area contributed by atoms with E-state index in [2.05, 4.69) is 29.8 Å². The molecule has 0 aromatic heterocycles. The number of aryl methyl sites for hydroxylation is 1. The first-order valence-corrected chi connectivity index (χ1v) is 17.4. The number of hydrogen-bond acceptors (Lipinski definition) is 9. The topological polar surface area (TPSA) is 124 Å². The highest BCUT2D eigenvalue weighted by Crippen LogP contribution is 2.50. The van der Waals surface area contributed by atoms with Crippen LogP contribution < -0.4 is 40.3 Å². The first-order valence-electron chi connectivity index (χ1n) is 16.0. The van der Waals surface area contributed by atoms with Crippen molar-refractivity contribution in [3.8, 4) is 34.1 Å². The number of carbonyl (C=O) groups is 2. The normalized spacial score (nSPS) is 14.8. The van der Waals surface area contributed by atoms with Gasteiger partial charge in [-0.3, -0.25) is 14.4 Å². The van der Waals surface area contributed by atoms with E-state index in [1.807, 2.05) is 42.7 Å². The fraction of sp³-hybridized carbons (Fsp3) is 0.432. The molecule has 4 rings (SSSR count). The second kappa shape index (κ2) is 16.6. The zero-order valence-corrected chi connectivity index (χ0v) is 29.8. The van der Waals surface area contributed by atoms with E-state index >= 15 is 0 Å². The molecule has 0 radical (unpaired) electrons. The Morgan fingerprint density at radius 3 is 2.23 bits per heavy atom. The molecule has 11 heteroatoms. The van der Waals surface area contributed by atoms with E-state index < -0.39 is 12.1 Å². The molecule has 3 N–H and O–H groups in total. The van der Waals surface area contributed by atoms with E-state index in [1.165, 1.54) is 6.92 Å². The van der Waals surface area contributed by atoms with Crippen LogP contribution in [0.5, 0.6) is 23.0 Å². The molecule has 258 valence electrons. The summed E-state index contributed by atoms with van der Waals surface area (Å²) >= 11 is 1.63. The third-order valence-corrected chi connectivity index (χ3v) is 9.26. The van der Waals surface area contributed by atoms with Crippen LogP contribution in [0.2, 0.25) is 0 Å². The Kier molecular flexibility index (Phi) is 12.6. The second-order valence-corrected chi connectivity index (χ2v) is 13.1. The molecule has 0 fully saturated rings. The zero-order valence-electron chi connectivity index (χ0n) is 29.0.